The number of nitrogens with one attached hydrogen (secondary N) is 1. The number of nitrogens with zero attached hydrogens (tertiary/aromatic N) is 1. The standard InChI is InChI=1S/C10H14N2O4/c1-6-5-8(11-3-4-13)9(12(15)16)7(2)10(6)14/h5,11,13-14H,3-4H2,1-2H3. The summed E-state index contributed by atoms with van der Waals surface area (Å²) < 4.78 is 0. The van der Waals surface area contributed by atoms with Crippen molar-refractivity contribution >= 4 is 11.4 Å². The minimum atomic E-state index is -0.547. The zero-order valence-corrected chi connectivity index (χ0v) is 9.15. The van der Waals surface area contributed by atoms with E-state index in [0.29, 0.717) is 11.3 Å². The van der Waals surface area contributed by atoms with E-state index in [1.54, 1.807) is 6.92 Å². The van der Waals surface area contributed by atoms with Gasteiger partial charge in [0.1, 0.15) is 11.4 Å². The van der Waals surface area contributed by atoms with Crippen LogP contribution >= 0.6 is 0 Å². The summed E-state index contributed by atoms with van der Waals surface area (Å²) in [6.07, 6.45) is 0. The topological polar surface area (TPSA) is 95.6 Å². The van der Waals surface area contributed by atoms with Gasteiger partial charge >= 0.3 is 0 Å². The predicted molar refractivity (Wildman–Crippen MR) is 59.8 cm³/mol. The van der Waals surface area contributed by atoms with Crippen LogP contribution in [0.4, 0.5) is 11.4 Å². The van der Waals surface area contributed by atoms with Gasteiger partial charge in [-0.2, -0.15) is 0 Å². The van der Waals surface area contributed by atoms with Gasteiger partial charge in [-0.15, -0.1) is 0 Å². The molecular formula is C10H14N2O4. The molecule has 6 nitrogen and oxygen atoms in total. The van der Waals surface area contributed by atoms with E-state index in [-0.39, 0.29) is 30.2 Å². The molecule has 0 radical (unpaired) electrons. The molecule has 1 aromatic rings. The van der Waals surface area contributed by atoms with Gasteiger partial charge in [0.2, 0.25) is 0 Å². The smallest absolute Gasteiger partial charge is 0.298 e. The molecular weight excluding hydrogens is 212 g/mol. The SMILES string of the molecule is Cc1cc(NCCO)c([N+](=O)[O-])c(C)c1O. The van der Waals surface area contributed by atoms with E-state index in [1.165, 1.54) is 13.0 Å². The van der Waals surface area contributed by atoms with Crippen molar-refractivity contribution in [3.63, 3.8) is 0 Å². The lowest BCUT2D eigenvalue weighted by Crippen LogP contribution is -2.08. The molecule has 0 unspecified atom stereocenters. The summed E-state index contributed by atoms with van der Waals surface area (Å²) in [6.45, 7) is 3.27. The van der Waals surface area contributed by atoms with E-state index >= 15 is 0 Å². The number of aliphatic hydroxyl groups excluding tert-OH is 1. The highest BCUT2D eigenvalue weighted by atomic mass is 16.6. The predicted octanol–water partition coefficient (Wildman–Crippen LogP) is 1.32. The minimum absolute atomic E-state index is 0.0683. The van der Waals surface area contributed by atoms with Gasteiger partial charge in [-0.1, -0.05) is 0 Å². The molecule has 6 heteroatoms. The number of hydrogen-bond acceptors (Lipinski definition) is 5. The number of benzene rings is 1. The Hall–Kier alpha value is -1.82. The summed E-state index contributed by atoms with van der Waals surface area (Å²) in [5, 5.41) is 31.9. The molecule has 0 amide bonds. The van der Waals surface area contributed by atoms with Crippen LogP contribution in [0, 0.1) is 24.0 Å². The second-order valence-corrected chi connectivity index (χ2v) is 3.47. The molecule has 0 aliphatic carbocycles. The van der Waals surface area contributed by atoms with E-state index in [4.69, 9.17) is 5.11 Å². The summed E-state index contributed by atoms with van der Waals surface area (Å²) in [6, 6.07) is 1.50. The van der Waals surface area contributed by atoms with Gasteiger partial charge in [0.25, 0.3) is 5.69 Å². The fourth-order valence-corrected chi connectivity index (χ4v) is 1.52. The number of nitro benzene ring substituents is 1. The van der Waals surface area contributed by atoms with Crippen LogP contribution in [0.2, 0.25) is 0 Å². The van der Waals surface area contributed by atoms with Crippen LogP contribution < -0.4 is 5.32 Å². The summed E-state index contributed by atoms with van der Waals surface area (Å²) in [7, 11) is 0. The first kappa shape index (κ1) is 12.3. The Morgan fingerprint density at radius 3 is 2.62 bits per heavy atom. The van der Waals surface area contributed by atoms with Crippen LogP contribution in [0.3, 0.4) is 0 Å². The molecule has 0 bridgehead atoms. The first-order valence-corrected chi connectivity index (χ1v) is 4.81. The molecule has 0 aromatic heterocycles. The molecule has 1 rings (SSSR count). The lowest BCUT2D eigenvalue weighted by Gasteiger charge is -2.10. The highest BCUT2D eigenvalue weighted by Gasteiger charge is 2.21. The molecule has 0 heterocycles. The van der Waals surface area contributed by atoms with Gasteiger partial charge in [0, 0.05) is 6.54 Å². The van der Waals surface area contributed by atoms with Gasteiger partial charge in [-0.3, -0.25) is 10.1 Å². The Morgan fingerprint density at radius 2 is 2.12 bits per heavy atom. The number of phenolic OH excluding ortho intramolecular Hbond substituents is 1. The number of anilines is 1. The van der Waals surface area contributed by atoms with Crippen LogP contribution in [0.15, 0.2) is 6.07 Å². The monoisotopic (exact) mass is 226 g/mol. The molecule has 0 aliphatic heterocycles. The number of nitro groups is 1. The second-order valence-electron chi connectivity index (χ2n) is 3.47. The summed E-state index contributed by atoms with van der Waals surface area (Å²) in [5.41, 5.74) is 0.942. The average molecular weight is 226 g/mol. The van der Waals surface area contributed by atoms with Crippen molar-refractivity contribution in [1.82, 2.24) is 0 Å². The number of hydrogen-bond donors (Lipinski definition) is 3. The maximum atomic E-state index is 10.9. The van der Waals surface area contributed by atoms with Crippen LogP contribution in [-0.4, -0.2) is 28.3 Å². The van der Waals surface area contributed by atoms with Crippen molar-refractivity contribution in [3.05, 3.63) is 27.3 Å². The number of rotatable bonds is 4. The fraction of sp³-hybridized carbons (Fsp3) is 0.400. The number of phenols is 1. The second kappa shape index (κ2) is 4.80. The van der Waals surface area contributed by atoms with Gasteiger partial charge < -0.3 is 15.5 Å². The van der Waals surface area contributed by atoms with Crippen molar-refractivity contribution in [3.8, 4) is 5.75 Å². The third kappa shape index (κ3) is 2.22. The molecule has 0 fully saturated rings. The van der Waals surface area contributed by atoms with Crippen LogP contribution in [0.1, 0.15) is 11.1 Å². The van der Waals surface area contributed by atoms with Crippen LogP contribution in [0.25, 0.3) is 0 Å². The Bertz CT molecular complexity index is 418. The Labute approximate surface area is 92.7 Å². The van der Waals surface area contributed by atoms with Crippen molar-refractivity contribution in [2.45, 2.75) is 13.8 Å². The molecule has 1 aromatic carbocycles. The van der Waals surface area contributed by atoms with E-state index in [0.717, 1.165) is 0 Å². The molecule has 16 heavy (non-hydrogen) atoms. The number of aromatic hydroxyl groups is 1. The van der Waals surface area contributed by atoms with Crippen molar-refractivity contribution in [2.24, 2.45) is 0 Å². The third-order valence-electron chi connectivity index (χ3n) is 2.31. The average Bonchev–Trinajstić information content (AvgIpc) is 2.22. The maximum Gasteiger partial charge on any atom is 0.298 e. The fourth-order valence-electron chi connectivity index (χ4n) is 1.52. The Kier molecular flexibility index (Phi) is 3.68. The van der Waals surface area contributed by atoms with E-state index in [1.807, 2.05) is 0 Å². The molecule has 3 N–H and O–H groups in total. The summed E-state index contributed by atoms with van der Waals surface area (Å²) in [5.74, 6) is -0.0683. The van der Waals surface area contributed by atoms with Gasteiger partial charge in [0.15, 0.2) is 0 Å². The zero-order chi connectivity index (χ0) is 12.3. The van der Waals surface area contributed by atoms with E-state index in [2.05, 4.69) is 5.32 Å². The highest BCUT2D eigenvalue weighted by Crippen LogP contribution is 2.36. The van der Waals surface area contributed by atoms with Gasteiger partial charge in [0.05, 0.1) is 17.1 Å². The normalized spacial score (nSPS) is 10.2. The summed E-state index contributed by atoms with van der Waals surface area (Å²) >= 11 is 0. The molecule has 0 aliphatic rings. The first-order chi connectivity index (χ1) is 7.49. The van der Waals surface area contributed by atoms with Crippen molar-refractivity contribution < 1.29 is 15.1 Å². The largest absolute Gasteiger partial charge is 0.507 e. The Balaban J connectivity index is 3.29. The molecule has 0 saturated carbocycles. The Morgan fingerprint density at radius 1 is 1.50 bits per heavy atom. The lowest BCUT2D eigenvalue weighted by atomic mass is 10.1. The van der Waals surface area contributed by atoms with Gasteiger partial charge in [-0.05, 0) is 25.5 Å². The van der Waals surface area contributed by atoms with Gasteiger partial charge in [-0.25, -0.2) is 0 Å². The maximum absolute atomic E-state index is 10.9. The molecule has 88 valence electrons. The lowest BCUT2D eigenvalue weighted by molar-refractivity contribution is -0.384. The van der Waals surface area contributed by atoms with E-state index in [9.17, 15) is 15.2 Å². The zero-order valence-electron chi connectivity index (χ0n) is 9.15. The molecule has 0 spiro atoms. The number of aryl methyl sites for hydroxylation is 1. The van der Waals surface area contributed by atoms with Crippen molar-refractivity contribution in [2.75, 3.05) is 18.5 Å². The van der Waals surface area contributed by atoms with E-state index < -0.39 is 4.92 Å². The quantitative estimate of drug-likeness (QED) is 0.409. The molecule has 0 saturated heterocycles. The number of aliphatic hydroxyl groups is 1. The first-order valence-electron chi connectivity index (χ1n) is 4.81. The van der Waals surface area contributed by atoms with Crippen molar-refractivity contribution in [1.29, 1.82) is 0 Å². The molecule has 0 atom stereocenters. The summed E-state index contributed by atoms with van der Waals surface area (Å²) in [4.78, 5) is 10.3. The van der Waals surface area contributed by atoms with Crippen LogP contribution in [0.5, 0.6) is 5.75 Å². The minimum Gasteiger partial charge on any atom is -0.507 e. The third-order valence-corrected chi connectivity index (χ3v) is 2.31. The highest BCUT2D eigenvalue weighted by molar-refractivity contribution is 5.70. The van der Waals surface area contributed by atoms with Crippen LogP contribution in [-0.2, 0) is 0 Å².